The normalized spacial score (nSPS) is 47.1. The summed E-state index contributed by atoms with van der Waals surface area (Å²) in [5.74, 6) is -3.07. The lowest BCUT2D eigenvalue weighted by Crippen LogP contribution is -2.63. The molecule has 4 aliphatic carbocycles. The number of methoxy groups -OCH3 is 1. The Balaban J connectivity index is 1.81. The first-order valence-electron chi connectivity index (χ1n) is 10.6. The zero-order chi connectivity index (χ0) is 22.1. The standard InChI is InChI=1S/C23H30O7/c1-21-7-6-13(25)8-12(21)4-5-14-15-9-16(20(28)30-3)23(29,18(27)11-24)22(15,2)10-17(26)19(14)21/h6-8,14-17,19,24,26,29H,4-5,9-11H2,1-3H3/t14-,15-,16-,17?,19+,21-,22-,23-/m0/s1. The van der Waals surface area contributed by atoms with Crippen LogP contribution in [0.15, 0.2) is 23.8 Å². The second kappa shape index (κ2) is 6.84. The van der Waals surface area contributed by atoms with Gasteiger partial charge in [0.1, 0.15) is 12.2 Å². The molecule has 0 radical (unpaired) electrons. The lowest BCUT2D eigenvalue weighted by molar-refractivity contribution is -0.190. The van der Waals surface area contributed by atoms with E-state index in [1.165, 1.54) is 7.11 Å². The number of carbonyl (C=O) groups is 3. The Morgan fingerprint density at radius 3 is 2.63 bits per heavy atom. The fraction of sp³-hybridized carbons (Fsp3) is 0.696. The molecule has 0 aromatic carbocycles. The second-order valence-electron chi connectivity index (χ2n) is 9.87. The highest BCUT2D eigenvalue weighted by Gasteiger charge is 2.72. The molecule has 3 N–H and O–H groups in total. The Bertz CT molecular complexity index is 860. The number of Topliss-reactive ketones (excluding diaryl/α,β-unsaturated/α-hetero) is 1. The Labute approximate surface area is 175 Å². The number of ether oxygens (including phenoxy) is 1. The highest BCUT2D eigenvalue weighted by atomic mass is 16.5. The summed E-state index contributed by atoms with van der Waals surface area (Å²) >= 11 is 0. The van der Waals surface area contributed by atoms with Crippen molar-refractivity contribution in [3.8, 4) is 0 Å². The fourth-order valence-corrected chi connectivity index (χ4v) is 7.41. The summed E-state index contributed by atoms with van der Waals surface area (Å²) in [6.45, 7) is 2.90. The third kappa shape index (κ3) is 2.52. The molecule has 1 unspecified atom stereocenters. The minimum Gasteiger partial charge on any atom is -0.469 e. The third-order valence-corrected chi connectivity index (χ3v) is 8.80. The van der Waals surface area contributed by atoms with E-state index in [2.05, 4.69) is 0 Å². The van der Waals surface area contributed by atoms with E-state index in [0.29, 0.717) is 12.8 Å². The Hall–Kier alpha value is -1.83. The molecule has 0 aromatic rings. The van der Waals surface area contributed by atoms with E-state index >= 15 is 0 Å². The molecule has 0 bridgehead atoms. The average Bonchev–Trinajstić information content (AvgIpc) is 2.95. The van der Waals surface area contributed by atoms with Crippen molar-refractivity contribution >= 4 is 17.5 Å². The molecule has 8 atom stereocenters. The van der Waals surface area contributed by atoms with Crippen LogP contribution in [-0.2, 0) is 19.1 Å². The van der Waals surface area contributed by atoms with E-state index in [9.17, 15) is 29.7 Å². The maximum atomic E-state index is 12.8. The number of fused-ring (bicyclic) bond motifs is 5. The van der Waals surface area contributed by atoms with Crippen molar-refractivity contribution in [3.05, 3.63) is 23.8 Å². The molecule has 4 aliphatic rings. The van der Waals surface area contributed by atoms with Gasteiger partial charge in [0.2, 0.25) is 0 Å². The predicted molar refractivity (Wildman–Crippen MR) is 106 cm³/mol. The van der Waals surface area contributed by atoms with Gasteiger partial charge in [-0.2, -0.15) is 0 Å². The second-order valence-corrected chi connectivity index (χ2v) is 9.87. The number of rotatable bonds is 3. The van der Waals surface area contributed by atoms with Crippen LogP contribution in [0, 0.1) is 34.5 Å². The molecule has 3 fully saturated rings. The topological polar surface area (TPSA) is 121 Å². The predicted octanol–water partition coefficient (Wildman–Crippen LogP) is 0.957. The van der Waals surface area contributed by atoms with Gasteiger partial charge in [-0.3, -0.25) is 14.4 Å². The lowest BCUT2D eigenvalue weighted by atomic mass is 9.46. The lowest BCUT2D eigenvalue weighted by Gasteiger charge is -2.59. The SMILES string of the molecule is COC(=O)[C@@H]1C[C@H]2[C@@H]3CCC4=CC(=O)C=C[C@]4(C)[C@H]3C(O)C[C@]2(C)[C@@]1(O)C(=O)CO. The van der Waals surface area contributed by atoms with Gasteiger partial charge in [0.05, 0.1) is 19.1 Å². The van der Waals surface area contributed by atoms with Crippen molar-refractivity contribution in [2.75, 3.05) is 13.7 Å². The quantitative estimate of drug-likeness (QED) is 0.584. The van der Waals surface area contributed by atoms with Gasteiger partial charge in [0.15, 0.2) is 11.6 Å². The number of ketones is 2. The summed E-state index contributed by atoms with van der Waals surface area (Å²) < 4.78 is 4.90. The number of hydrogen-bond acceptors (Lipinski definition) is 7. The van der Waals surface area contributed by atoms with Crippen molar-refractivity contribution in [2.24, 2.45) is 34.5 Å². The van der Waals surface area contributed by atoms with Gasteiger partial charge < -0.3 is 20.1 Å². The molecule has 0 aromatic heterocycles. The van der Waals surface area contributed by atoms with Crippen LogP contribution >= 0.6 is 0 Å². The van der Waals surface area contributed by atoms with E-state index in [1.807, 2.05) is 13.0 Å². The zero-order valence-corrected chi connectivity index (χ0v) is 17.6. The van der Waals surface area contributed by atoms with Gasteiger partial charge in [0.25, 0.3) is 0 Å². The van der Waals surface area contributed by atoms with Crippen LogP contribution < -0.4 is 0 Å². The molecule has 30 heavy (non-hydrogen) atoms. The van der Waals surface area contributed by atoms with Gasteiger partial charge in [0, 0.05) is 16.7 Å². The minimum atomic E-state index is -2.10. The van der Waals surface area contributed by atoms with Gasteiger partial charge in [-0.05, 0) is 49.7 Å². The summed E-state index contributed by atoms with van der Waals surface area (Å²) in [6.07, 6.45) is 6.02. The number of allylic oxidation sites excluding steroid dienone is 4. The summed E-state index contributed by atoms with van der Waals surface area (Å²) in [7, 11) is 1.22. The summed E-state index contributed by atoms with van der Waals surface area (Å²) in [5, 5.41) is 32.5. The van der Waals surface area contributed by atoms with Crippen molar-refractivity contribution in [2.45, 2.75) is 51.2 Å². The van der Waals surface area contributed by atoms with Gasteiger partial charge in [-0.25, -0.2) is 0 Å². The molecule has 7 nitrogen and oxygen atoms in total. The van der Waals surface area contributed by atoms with Gasteiger partial charge >= 0.3 is 5.97 Å². The van der Waals surface area contributed by atoms with Crippen LogP contribution in [0.1, 0.15) is 39.5 Å². The molecular weight excluding hydrogens is 388 g/mol. The van der Waals surface area contributed by atoms with Crippen LogP contribution in [0.3, 0.4) is 0 Å². The largest absolute Gasteiger partial charge is 0.469 e. The summed E-state index contributed by atoms with van der Waals surface area (Å²) in [4.78, 5) is 37.2. The summed E-state index contributed by atoms with van der Waals surface area (Å²) in [5.41, 5.74) is -2.65. The first-order chi connectivity index (χ1) is 14.0. The zero-order valence-electron chi connectivity index (χ0n) is 17.6. The summed E-state index contributed by atoms with van der Waals surface area (Å²) in [6, 6.07) is 0. The Morgan fingerprint density at radius 2 is 2.00 bits per heavy atom. The molecule has 0 spiro atoms. The first kappa shape index (κ1) is 21.4. The number of aliphatic hydroxyl groups is 3. The molecule has 0 saturated heterocycles. The van der Waals surface area contributed by atoms with E-state index < -0.39 is 46.8 Å². The minimum absolute atomic E-state index is 0.0496. The van der Waals surface area contributed by atoms with Crippen LogP contribution in [0.25, 0.3) is 0 Å². The van der Waals surface area contributed by atoms with Gasteiger partial charge in [-0.1, -0.05) is 25.5 Å². The smallest absolute Gasteiger partial charge is 0.312 e. The Morgan fingerprint density at radius 1 is 1.30 bits per heavy atom. The monoisotopic (exact) mass is 418 g/mol. The molecule has 164 valence electrons. The van der Waals surface area contributed by atoms with E-state index in [4.69, 9.17) is 4.74 Å². The van der Waals surface area contributed by atoms with Crippen molar-refractivity contribution in [3.63, 3.8) is 0 Å². The van der Waals surface area contributed by atoms with Crippen LogP contribution in [0.2, 0.25) is 0 Å². The molecule has 0 aliphatic heterocycles. The molecule has 3 saturated carbocycles. The molecule has 0 heterocycles. The van der Waals surface area contributed by atoms with E-state index in [0.717, 1.165) is 5.57 Å². The highest BCUT2D eigenvalue weighted by Crippen LogP contribution is 2.68. The maximum absolute atomic E-state index is 12.8. The number of esters is 1. The molecular formula is C23H30O7. The van der Waals surface area contributed by atoms with Crippen LogP contribution in [-0.4, -0.2) is 58.3 Å². The number of carbonyl (C=O) groups excluding carboxylic acids is 3. The van der Waals surface area contributed by atoms with Crippen LogP contribution in [0.5, 0.6) is 0 Å². The van der Waals surface area contributed by atoms with Crippen LogP contribution in [0.4, 0.5) is 0 Å². The van der Waals surface area contributed by atoms with E-state index in [-0.39, 0.29) is 36.4 Å². The third-order valence-electron chi connectivity index (χ3n) is 8.80. The fourth-order valence-electron chi connectivity index (χ4n) is 7.41. The average molecular weight is 418 g/mol. The molecule has 4 rings (SSSR count). The van der Waals surface area contributed by atoms with Gasteiger partial charge in [-0.15, -0.1) is 0 Å². The van der Waals surface area contributed by atoms with Crippen molar-refractivity contribution in [1.82, 2.24) is 0 Å². The number of aliphatic hydroxyl groups excluding tert-OH is 2. The maximum Gasteiger partial charge on any atom is 0.312 e. The Kier molecular flexibility index (Phi) is 4.88. The molecule has 7 heteroatoms. The van der Waals surface area contributed by atoms with Crippen molar-refractivity contribution in [1.29, 1.82) is 0 Å². The van der Waals surface area contributed by atoms with Crippen molar-refractivity contribution < 1.29 is 34.4 Å². The molecule has 0 amide bonds. The number of hydrogen-bond donors (Lipinski definition) is 3. The highest BCUT2D eigenvalue weighted by molar-refractivity contribution is 6.01. The first-order valence-corrected chi connectivity index (χ1v) is 10.6. The van der Waals surface area contributed by atoms with E-state index in [1.54, 1.807) is 19.1 Å².